The molecule has 1 aromatic carbocycles. The van der Waals surface area contributed by atoms with Crippen LogP contribution in [-0.2, 0) is 0 Å². The number of carbonyl (C=O) groups excluding carboxylic acids is 1. The lowest BCUT2D eigenvalue weighted by Gasteiger charge is -2.39. The van der Waals surface area contributed by atoms with Crippen LogP contribution in [0.25, 0.3) is 0 Å². The van der Waals surface area contributed by atoms with Crippen LogP contribution in [0.5, 0.6) is 0 Å². The monoisotopic (exact) mass is 297 g/mol. The van der Waals surface area contributed by atoms with Crippen LogP contribution in [0.4, 0.5) is 5.69 Å². The second-order valence-corrected chi connectivity index (χ2v) is 6.39. The zero-order valence-electron chi connectivity index (χ0n) is 13.2. The Morgan fingerprint density at radius 2 is 2.00 bits per heavy atom. The molecular formula is C18H23N3O. The van der Waals surface area contributed by atoms with Crippen molar-refractivity contribution in [2.24, 2.45) is 0 Å². The molecule has 0 saturated carbocycles. The van der Waals surface area contributed by atoms with Gasteiger partial charge in [0.2, 0.25) is 0 Å². The Labute approximate surface area is 132 Å². The third kappa shape index (κ3) is 3.00. The molecule has 2 aliphatic heterocycles. The van der Waals surface area contributed by atoms with Gasteiger partial charge in [0.15, 0.2) is 5.78 Å². The number of carbonyl (C=O) groups is 1. The first-order valence-electron chi connectivity index (χ1n) is 8.23. The Morgan fingerprint density at radius 1 is 1.23 bits per heavy atom. The van der Waals surface area contributed by atoms with Gasteiger partial charge >= 0.3 is 0 Å². The fourth-order valence-corrected chi connectivity index (χ4v) is 3.69. The van der Waals surface area contributed by atoms with E-state index in [4.69, 9.17) is 0 Å². The lowest BCUT2D eigenvalue weighted by molar-refractivity contribution is 0.101. The lowest BCUT2D eigenvalue weighted by atomic mass is 10.0. The van der Waals surface area contributed by atoms with Crippen LogP contribution in [0.15, 0.2) is 18.2 Å². The van der Waals surface area contributed by atoms with E-state index in [0.29, 0.717) is 17.2 Å². The third-order valence-corrected chi connectivity index (χ3v) is 4.92. The van der Waals surface area contributed by atoms with Gasteiger partial charge in [0.25, 0.3) is 0 Å². The molecule has 2 heterocycles. The number of anilines is 1. The smallest absolute Gasteiger partial charge is 0.159 e. The van der Waals surface area contributed by atoms with E-state index < -0.39 is 0 Å². The summed E-state index contributed by atoms with van der Waals surface area (Å²) in [7, 11) is 0. The number of benzene rings is 1. The van der Waals surface area contributed by atoms with Crippen molar-refractivity contribution >= 4 is 11.5 Å². The molecule has 1 atom stereocenters. The zero-order chi connectivity index (χ0) is 15.5. The van der Waals surface area contributed by atoms with Crippen LogP contribution < -0.4 is 4.90 Å². The van der Waals surface area contributed by atoms with Gasteiger partial charge in [-0.3, -0.25) is 9.69 Å². The SMILES string of the molecule is CC(=O)c1ccc(C#N)c(N2CCCC(N3CCCC3)C2)c1. The molecule has 2 aliphatic rings. The molecule has 0 bridgehead atoms. The molecule has 4 heteroatoms. The molecule has 3 rings (SSSR count). The number of nitriles is 1. The Balaban J connectivity index is 1.84. The summed E-state index contributed by atoms with van der Waals surface area (Å²) in [6.45, 7) is 5.93. The highest BCUT2D eigenvalue weighted by atomic mass is 16.1. The molecule has 0 spiro atoms. The van der Waals surface area contributed by atoms with E-state index in [1.165, 1.54) is 32.4 Å². The zero-order valence-corrected chi connectivity index (χ0v) is 13.2. The summed E-state index contributed by atoms with van der Waals surface area (Å²) in [4.78, 5) is 16.5. The molecular weight excluding hydrogens is 274 g/mol. The number of piperidine rings is 1. The van der Waals surface area contributed by atoms with Crippen molar-refractivity contribution in [2.75, 3.05) is 31.1 Å². The predicted molar refractivity (Wildman–Crippen MR) is 87.2 cm³/mol. The normalized spacial score (nSPS) is 22.5. The van der Waals surface area contributed by atoms with Gasteiger partial charge in [-0.1, -0.05) is 0 Å². The summed E-state index contributed by atoms with van der Waals surface area (Å²) in [6, 6.07) is 8.30. The number of rotatable bonds is 3. The van der Waals surface area contributed by atoms with E-state index in [0.717, 1.165) is 25.2 Å². The topological polar surface area (TPSA) is 47.3 Å². The van der Waals surface area contributed by atoms with Gasteiger partial charge in [0, 0.05) is 24.7 Å². The van der Waals surface area contributed by atoms with Crippen LogP contribution >= 0.6 is 0 Å². The summed E-state index contributed by atoms with van der Waals surface area (Å²) in [5.41, 5.74) is 2.29. The van der Waals surface area contributed by atoms with E-state index in [1.807, 2.05) is 6.07 Å². The fraction of sp³-hybridized carbons (Fsp3) is 0.556. The average Bonchev–Trinajstić information content (AvgIpc) is 3.09. The highest BCUT2D eigenvalue weighted by molar-refractivity contribution is 5.95. The highest BCUT2D eigenvalue weighted by Gasteiger charge is 2.28. The summed E-state index contributed by atoms with van der Waals surface area (Å²) in [5.74, 6) is 0.0545. The van der Waals surface area contributed by atoms with Gasteiger partial charge in [-0.25, -0.2) is 0 Å². The Bertz CT molecular complexity index is 599. The number of Topliss-reactive ketones (excluding diaryl/α,β-unsaturated/α-hetero) is 1. The molecule has 1 aromatic rings. The van der Waals surface area contributed by atoms with E-state index in [1.54, 1.807) is 19.1 Å². The summed E-state index contributed by atoms with van der Waals surface area (Å²) in [5, 5.41) is 9.38. The van der Waals surface area contributed by atoms with Crippen LogP contribution in [0, 0.1) is 11.3 Å². The van der Waals surface area contributed by atoms with E-state index in [2.05, 4.69) is 15.9 Å². The van der Waals surface area contributed by atoms with Crippen molar-refractivity contribution in [2.45, 2.75) is 38.6 Å². The molecule has 22 heavy (non-hydrogen) atoms. The van der Waals surface area contributed by atoms with Crippen molar-refractivity contribution in [1.82, 2.24) is 4.90 Å². The standard InChI is InChI=1S/C18H23N3O/c1-14(22)15-6-7-16(12-19)18(11-15)21-10-4-5-17(13-21)20-8-2-3-9-20/h6-7,11,17H,2-5,8-10,13H2,1H3. The lowest BCUT2D eigenvalue weighted by Crippen LogP contribution is -2.47. The molecule has 116 valence electrons. The summed E-state index contributed by atoms with van der Waals surface area (Å²) >= 11 is 0. The molecule has 1 unspecified atom stereocenters. The quantitative estimate of drug-likeness (QED) is 0.805. The number of hydrogen-bond acceptors (Lipinski definition) is 4. The minimum atomic E-state index is 0.0545. The van der Waals surface area contributed by atoms with E-state index in [-0.39, 0.29) is 5.78 Å². The molecule has 4 nitrogen and oxygen atoms in total. The van der Waals surface area contributed by atoms with Crippen LogP contribution in [0.1, 0.15) is 48.5 Å². The van der Waals surface area contributed by atoms with Crippen molar-refractivity contribution in [3.8, 4) is 6.07 Å². The first-order chi connectivity index (χ1) is 10.7. The maximum absolute atomic E-state index is 11.6. The number of hydrogen-bond donors (Lipinski definition) is 0. The molecule has 0 amide bonds. The fourth-order valence-electron chi connectivity index (χ4n) is 3.69. The van der Waals surface area contributed by atoms with Crippen molar-refractivity contribution in [1.29, 1.82) is 5.26 Å². The molecule has 0 N–H and O–H groups in total. The second kappa shape index (κ2) is 6.50. The molecule has 0 aliphatic carbocycles. The van der Waals surface area contributed by atoms with Gasteiger partial charge < -0.3 is 4.90 Å². The minimum Gasteiger partial charge on any atom is -0.369 e. The Morgan fingerprint density at radius 3 is 2.68 bits per heavy atom. The minimum absolute atomic E-state index is 0.0545. The highest BCUT2D eigenvalue weighted by Crippen LogP contribution is 2.28. The Kier molecular flexibility index (Phi) is 4.44. The van der Waals surface area contributed by atoms with Crippen molar-refractivity contribution < 1.29 is 4.79 Å². The van der Waals surface area contributed by atoms with Crippen molar-refractivity contribution in [3.05, 3.63) is 29.3 Å². The van der Waals surface area contributed by atoms with Gasteiger partial charge in [-0.2, -0.15) is 5.26 Å². The number of nitrogens with zero attached hydrogens (tertiary/aromatic N) is 3. The first kappa shape index (κ1) is 15.1. The molecule has 0 aromatic heterocycles. The van der Waals surface area contributed by atoms with Crippen LogP contribution in [-0.4, -0.2) is 42.9 Å². The molecule has 2 saturated heterocycles. The average molecular weight is 297 g/mol. The number of ketones is 1. The molecule has 0 radical (unpaired) electrons. The van der Waals surface area contributed by atoms with Gasteiger partial charge in [0.1, 0.15) is 6.07 Å². The molecule has 2 fully saturated rings. The van der Waals surface area contributed by atoms with Crippen LogP contribution in [0.3, 0.4) is 0 Å². The van der Waals surface area contributed by atoms with Gasteiger partial charge in [-0.05, 0) is 63.9 Å². The van der Waals surface area contributed by atoms with Crippen molar-refractivity contribution in [3.63, 3.8) is 0 Å². The largest absolute Gasteiger partial charge is 0.369 e. The maximum atomic E-state index is 11.6. The summed E-state index contributed by atoms with van der Waals surface area (Å²) < 4.78 is 0. The van der Waals surface area contributed by atoms with Gasteiger partial charge in [-0.15, -0.1) is 0 Å². The van der Waals surface area contributed by atoms with E-state index >= 15 is 0 Å². The number of likely N-dealkylation sites (tertiary alicyclic amines) is 1. The predicted octanol–water partition coefficient (Wildman–Crippen LogP) is 2.83. The Hall–Kier alpha value is -1.86. The maximum Gasteiger partial charge on any atom is 0.159 e. The second-order valence-electron chi connectivity index (χ2n) is 6.39. The van der Waals surface area contributed by atoms with Crippen LogP contribution in [0.2, 0.25) is 0 Å². The van der Waals surface area contributed by atoms with Gasteiger partial charge in [0.05, 0.1) is 11.3 Å². The first-order valence-corrected chi connectivity index (χ1v) is 8.23. The third-order valence-electron chi connectivity index (χ3n) is 4.92. The summed E-state index contributed by atoms with van der Waals surface area (Å²) in [6.07, 6.45) is 5.00. The van der Waals surface area contributed by atoms with E-state index in [9.17, 15) is 10.1 Å².